The highest BCUT2D eigenvalue weighted by atomic mass is 14.2. The summed E-state index contributed by atoms with van der Waals surface area (Å²) in [6.45, 7) is 7.76. The highest BCUT2D eigenvalue weighted by molar-refractivity contribution is 4.81. The normalized spacial score (nSPS) is 34.8. The molecule has 2 unspecified atom stereocenters. The fourth-order valence-electron chi connectivity index (χ4n) is 1.63. The van der Waals surface area contributed by atoms with Gasteiger partial charge in [0, 0.05) is 0 Å². The van der Waals surface area contributed by atoms with Crippen molar-refractivity contribution in [1.29, 1.82) is 0 Å². The second-order valence-electron chi connectivity index (χ2n) is 3.07. The second-order valence-corrected chi connectivity index (χ2v) is 3.07. The molecule has 0 nitrogen and oxygen atoms in total. The van der Waals surface area contributed by atoms with Gasteiger partial charge in [-0.2, -0.15) is 0 Å². The van der Waals surface area contributed by atoms with Gasteiger partial charge in [-0.1, -0.05) is 19.4 Å². The molecule has 1 saturated carbocycles. The average molecular weight is 123 g/mol. The van der Waals surface area contributed by atoms with E-state index in [-0.39, 0.29) is 0 Å². The van der Waals surface area contributed by atoms with Crippen molar-refractivity contribution in [3.05, 3.63) is 19.6 Å². The molecule has 1 rings (SSSR count). The minimum atomic E-state index is 0.731. The van der Waals surface area contributed by atoms with Gasteiger partial charge in [0.1, 0.15) is 0 Å². The Balaban J connectivity index is 2.21. The zero-order valence-electron chi connectivity index (χ0n) is 5.97. The molecule has 0 heteroatoms. The molecule has 0 aromatic rings. The van der Waals surface area contributed by atoms with Crippen LogP contribution in [0.5, 0.6) is 0 Å². The molecule has 1 radical (unpaired) electrons. The van der Waals surface area contributed by atoms with Gasteiger partial charge in [0.05, 0.1) is 0 Å². The Labute approximate surface area is 58.0 Å². The van der Waals surface area contributed by atoms with Gasteiger partial charge in [-0.3, -0.25) is 0 Å². The highest BCUT2D eigenvalue weighted by Gasteiger charge is 2.19. The van der Waals surface area contributed by atoms with Crippen LogP contribution < -0.4 is 0 Å². The van der Waals surface area contributed by atoms with E-state index in [2.05, 4.69) is 13.5 Å². The summed E-state index contributed by atoms with van der Waals surface area (Å²) in [7, 11) is 0. The first kappa shape index (κ1) is 6.85. The minimum absolute atomic E-state index is 0.731. The maximum atomic E-state index is 4.04. The van der Waals surface area contributed by atoms with Crippen LogP contribution in [-0.4, -0.2) is 0 Å². The van der Waals surface area contributed by atoms with Gasteiger partial charge < -0.3 is 0 Å². The molecule has 1 fully saturated rings. The smallest absolute Gasteiger partial charge is 0.0325 e. The zero-order valence-corrected chi connectivity index (χ0v) is 5.97. The SMILES string of the molecule is [CH2]C1CCC(CC=C)C1. The monoisotopic (exact) mass is 123 g/mol. The minimum Gasteiger partial charge on any atom is -0.103 e. The predicted molar refractivity (Wildman–Crippen MR) is 41.0 cm³/mol. The lowest BCUT2D eigenvalue weighted by Gasteiger charge is -2.03. The third kappa shape index (κ3) is 1.85. The molecule has 0 aromatic carbocycles. The van der Waals surface area contributed by atoms with Crippen molar-refractivity contribution in [2.45, 2.75) is 25.7 Å². The Morgan fingerprint density at radius 2 is 2.22 bits per heavy atom. The summed E-state index contributed by atoms with van der Waals surface area (Å²) in [6.07, 6.45) is 7.26. The van der Waals surface area contributed by atoms with Crippen molar-refractivity contribution in [3.63, 3.8) is 0 Å². The molecular weight excluding hydrogens is 108 g/mol. The van der Waals surface area contributed by atoms with E-state index >= 15 is 0 Å². The molecule has 0 aliphatic heterocycles. The molecule has 0 amide bonds. The quantitative estimate of drug-likeness (QED) is 0.495. The Kier molecular flexibility index (Phi) is 2.32. The molecule has 9 heavy (non-hydrogen) atoms. The van der Waals surface area contributed by atoms with E-state index in [0.717, 1.165) is 11.8 Å². The summed E-state index contributed by atoms with van der Waals surface area (Å²) in [6, 6.07) is 0. The maximum Gasteiger partial charge on any atom is -0.0325 e. The molecule has 1 aliphatic rings. The fraction of sp³-hybridized carbons (Fsp3) is 0.667. The third-order valence-electron chi connectivity index (χ3n) is 2.15. The predicted octanol–water partition coefficient (Wildman–Crippen LogP) is 2.81. The molecule has 0 heterocycles. The number of hydrogen-bond acceptors (Lipinski definition) is 0. The summed E-state index contributed by atoms with van der Waals surface area (Å²) >= 11 is 0. The van der Waals surface area contributed by atoms with Crippen LogP contribution >= 0.6 is 0 Å². The lowest BCUT2D eigenvalue weighted by atomic mass is 10.0. The Bertz CT molecular complexity index is 94.2. The summed E-state index contributed by atoms with van der Waals surface area (Å²) in [5.41, 5.74) is 0. The van der Waals surface area contributed by atoms with E-state index in [4.69, 9.17) is 0 Å². The number of allylic oxidation sites excluding steroid dienone is 1. The average Bonchev–Trinajstić information content (AvgIpc) is 2.17. The molecule has 0 aromatic heterocycles. The van der Waals surface area contributed by atoms with E-state index in [9.17, 15) is 0 Å². The summed E-state index contributed by atoms with van der Waals surface area (Å²) in [5.74, 6) is 1.64. The van der Waals surface area contributed by atoms with Crippen LogP contribution in [0.15, 0.2) is 12.7 Å². The van der Waals surface area contributed by atoms with Crippen molar-refractivity contribution >= 4 is 0 Å². The first-order valence-corrected chi connectivity index (χ1v) is 3.77. The van der Waals surface area contributed by atoms with Gasteiger partial charge in [0.2, 0.25) is 0 Å². The summed E-state index contributed by atoms with van der Waals surface area (Å²) in [4.78, 5) is 0. The van der Waals surface area contributed by atoms with Crippen LogP contribution in [0.1, 0.15) is 25.7 Å². The standard InChI is InChI=1S/C9H15/c1-3-4-9-6-5-8(2)7-9/h3,8-9H,1-2,4-7H2. The van der Waals surface area contributed by atoms with Gasteiger partial charge in [-0.25, -0.2) is 0 Å². The first-order valence-electron chi connectivity index (χ1n) is 3.77. The van der Waals surface area contributed by atoms with Gasteiger partial charge in [-0.05, 0) is 31.1 Å². The Hall–Kier alpha value is -0.260. The van der Waals surface area contributed by atoms with Gasteiger partial charge in [0.25, 0.3) is 0 Å². The summed E-state index contributed by atoms with van der Waals surface area (Å²) < 4.78 is 0. The van der Waals surface area contributed by atoms with Crippen LogP contribution in [0, 0.1) is 18.8 Å². The van der Waals surface area contributed by atoms with E-state index in [1.807, 2.05) is 6.08 Å². The first-order chi connectivity index (χ1) is 4.33. The van der Waals surface area contributed by atoms with Crippen LogP contribution in [0.4, 0.5) is 0 Å². The topological polar surface area (TPSA) is 0 Å². The van der Waals surface area contributed by atoms with Crippen LogP contribution in [0.2, 0.25) is 0 Å². The van der Waals surface area contributed by atoms with Crippen molar-refractivity contribution < 1.29 is 0 Å². The van der Waals surface area contributed by atoms with E-state index < -0.39 is 0 Å². The third-order valence-corrected chi connectivity index (χ3v) is 2.15. The largest absolute Gasteiger partial charge is 0.103 e. The van der Waals surface area contributed by atoms with Crippen molar-refractivity contribution in [1.82, 2.24) is 0 Å². The molecular formula is C9H15. The van der Waals surface area contributed by atoms with Crippen molar-refractivity contribution in [3.8, 4) is 0 Å². The van der Waals surface area contributed by atoms with Gasteiger partial charge in [0.15, 0.2) is 0 Å². The van der Waals surface area contributed by atoms with Crippen LogP contribution in [0.3, 0.4) is 0 Å². The lowest BCUT2D eigenvalue weighted by Crippen LogP contribution is -1.91. The number of hydrogen-bond donors (Lipinski definition) is 0. The van der Waals surface area contributed by atoms with Gasteiger partial charge in [-0.15, -0.1) is 6.58 Å². The molecule has 0 spiro atoms. The zero-order chi connectivity index (χ0) is 6.69. The Morgan fingerprint density at radius 1 is 1.44 bits per heavy atom. The van der Waals surface area contributed by atoms with Crippen LogP contribution in [-0.2, 0) is 0 Å². The van der Waals surface area contributed by atoms with Gasteiger partial charge >= 0.3 is 0 Å². The molecule has 0 saturated heterocycles. The van der Waals surface area contributed by atoms with Crippen LogP contribution in [0.25, 0.3) is 0 Å². The molecule has 2 atom stereocenters. The van der Waals surface area contributed by atoms with E-state index in [1.54, 1.807) is 0 Å². The second kappa shape index (κ2) is 3.05. The van der Waals surface area contributed by atoms with E-state index in [0.29, 0.717) is 0 Å². The highest BCUT2D eigenvalue weighted by Crippen LogP contribution is 2.32. The molecule has 0 bridgehead atoms. The lowest BCUT2D eigenvalue weighted by molar-refractivity contribution is 0.539. The molecule has 0 N–H and O–H groups in total. The maximum absolute atomic E-state index is 4.04. The van der Waals surface area contributed by atoms with E-state index in [1.165, 1.54) is 25.7 Å². The number of rotatable bonds is 2. The van der Waals surface area contributed by atoms with Crippen molar-refractivity contribution in [2.24, 2.45) is 11.8 Å². The van der Waals surface area contributed by atoms with Crippen molar-refractivity contribution in [2.75, 3.05) is 0 Å². The summed E-state index contributed by atoms with van der Waals surface area (Å²) in [5, 5.41) is 0. The fourth-order valence-corrected chi connectivity index (χ4v) is 1.63. The Morgan fingerprint density at radius 3 is 2.67 bits per heavy atom. The molecule has 51 valence electrons. The molecule has 1 aliphatic carbocycles.